The maximum absolute atomic E-state index is 14.0. The molecule has 1 saturated heterocycles. The predicted molar refractivity (Wildman–Crippen MR) is 85.6 cm³/mol. The molecule has 0 spiro atoms. The van der Waals surface area contributed by atoms with Crippen LogP contribution in [0.4, 0.5) is 4.39 Å². The van der Waals surface area contributed by atoms with Crippen LogP contribution in [0.2, 0.25) is 0 Å². The standard InChI is InChI=1S/C16H25FN2S/c1-3-15-12-19(7-8-20-15)11-14-9-13(10-18-4-2)5-6-16(14)17/h5-6,9,15,18H,3-4,7-8,10-12H2,1-2H3. The molecule has 0 aliphatic carbocycles. The van der Waals surface area contributed by atoms with Crippen molar-refractivity contribution in [1.82, 2.24) is 10.2 Å². The van der Waals surface area contributed by atoms with Crippen molar-refractivity contribution in [1.29, 1.82) is 0 Å². The van der Waals surface area contributed by atoms with E-state index in [1.165, 1.54) is 12.0 Å². The van der Waals surface area contributed by atoms with Gasteiger partial charge in [0.1, 0.15) is 5.82 Å². The van der Waals surface area contributed by atoms with Gasteiger partial charge in [-0.05, 0) is 24.6 Å². The third-order valence-corrected chi connectivity index (χ3v) is 5.13. The zero-order chi connectivity index (χ0) is 14.4. The highest BCUT2D eigenvalue weighted by molar-refractivity contribution is 8.00. The molecule has 1 N–H and O–H groups in total. The molecule has 2 nitrogen and oxygen atoms in total. The van der Waals surface area contributed by atoms with Crippen LogP contribution in [0.1, 0.15) is 31.4 Å². The van der Waals surface area contributed by atoms with Crippen LogP contribution < -0.4 is 5.32 Å². The fraction of sp³-hybridized carbons (Fsp3) is 0.625. The smallest absolute Gasteiger partial charge is 0.127 e. The summed E-state index contributed by atoms with van der Waals surface area (Å²) in [4.78, 5) is 2.39. The highest BCUT2D eigenvalue weighted by atomic mass is 32.2. The van der Waals surface area contributed by atoms with Crippen molar-refractivity contribution in [3.05, 3.63) is 35.1 Å². The number of nitrogens with zero attached hydrogens (tertiary/aromatic N) is 1. The molecule has 0 amide bonds. The lowest BCUT2D eigenvalue weighted by Crippen LogP contribution is -2.37. The minimum absolute atomic E-state index is 0.0727. The van der Waals surface area contributed by atoms with Crippen LogP contribution in [0.5, 0.6) is 0 Å². The Kier molecular flexibility index (Phi) is 6.33. The van der Waals surface area contributed by atoms with Crippen molar-refractivity contribution in [3.8, 4) is 0 Å². The van der Waals surface area contributed by atoms with Gasteiger partial charge in [-0.25, -0.2) is 4.39 Å². The first-order chi connectivity index (χ1) is 9.72. The number of rotatable bonds is 6. The van der Waals surface area contributed by atoms with E-state index in [-0.39, 0.29) is 5.82 Å². The van der Waals surface area contributed by atoms with Crippen LogP contribution >= 0.6 is 11.8 Å². The van der Waals surface area contributed by atoms with Crippen molar-refractivity contribution in [3.63, 3.8) is 0 Å². The van der Waals surface area contributed by atoms with Crippen LogP contribution in [-0.2, 0) is 13.1 Å². The summed E-state index contributed by atoms with van der Waals surface area (Å²) in [5.41, 5.74) is 2.00. The summed E-state index contributed by atoms with van der Waals surface area (Å²) in [6.07, 6.45) is 1.20. The molecule has 4 heteroatoms. The Hall–Kier alpha value is -0.580. The Balaban J connectivity index is 2.00. The molecule has 0 aromatic heterocycles. The Morgan fingerprint density at radius 1 is 1.40 bits per heavy atom. The minimum atomic E-state index is -0.0727. The summed E-state index contributed by atoms with van der Waals surface area (Å²) in [6.45, 7) is 8.96. The van der Waals surface area contributed by atoms with Crippen molar-refractivity contribution in [2.45, 2.75) is 38.6 Å². The van der Waals surface area contributed by atoms with E-state index in [2.05, 4.69) is 35.8 Å². The van der Waals surface area contributed by atoms with Crippen LogP contribution in [0.15, 0.2) is 18.2 Å². The molecular formula is C16H25FN2S. The molecule has 0 saturated carbocycles. The Labute approximate surface area is 126 Å². The Bertz CT molecular complexity index is 425. The normalized spacial score (nSPS) is 20.2. The number of hydrogen-bond acceptors (Lipinski definition) is 3. The summed E-state index contributed by atoms with van der Waals surface area (Å²) in [7, 11) is 0. The van der Waals surface area contributed by atoms with E-state index in [1.807, 2.05) is 12.1 Å². The zero-order valence-electron chi connectivity index (χ0n) is 12.5. The van der Waals surface area contributed by atoms with Crippen molar-refractivity contribution in [2.24, 2.45) is 0 Å². The lowest BCUT2D eigenvalue weighted by molar-refractivity contribution is 0.269. The summed E-state index contributed by atoms with van der Waals surface area (Å²) in [6, 6.07) is 5.50. The van der Waals surface area contributed by atoms with Gasteiger partial charge in [-0.3, -0.25) is 4.90 Å². The average Bonchev–Trinajstić information content (AvgIpc) is 2.48. The van der Waals surface area contributed by atoms with Gasteiger partial charge in [0.15, 0.2) is 0 Å². The average molecular weight is 296 g/mol. The van der Waals surface area contributed by atoms with Gasteiger partial charge in [-0.2, -0.15) is 11.8 Å². The number of thioether (sulfide) groups is 1. The number of nitrogens with one attached hydrogen (secondary N) is 1. The van der Waals surface area contributed by atoms with Gasteiger partial charge in [0.25, 0.3) is 0 Å². The van der Waals surface area contributed by atoms with Gasteiger partial charge in [0.2, 0.25) is 0 Å². The zero-order valence-corrected chi connectivity index (χ0v) is 13.3. The van der Waals surface area contributed by atoms with Gasteiger partial charge in [-0.1, -0.05) is 26.0 Å². The fourth-order valence-corrected chi connectivity index (χ4v) is 3.79. The molecule has 0 radical (unpaired) electrons. The highest BCUT2D eigenvalue weighted by Gasteiger charge is 2.19. The van der Waals surface area contributed by atoms with E-state index >= 15 is 0 Å². The topological polar surface area (TPSA) is 15.3 Å². The third kappa shape index (κ3) is 4.47. The molecule has 1 unspecified atom stereocenters. The quantitative estimate of drug-likeness (QED) is 0.867. The van der Waals surface area contributed by atoms with E-state index in [9.17, 15) is 4.39 Å². The first kappa shape index (κ1) is 15.8. The van der Waals surface area contributed by atoms with E-state index in [0.29, 0.717) is 5.25 Å². The number of benzene rings is 1. The second-order valence-corrected chi connectivity index (χ2v) is 6.75. The SMILES string of the molecule is CCNCc1ccc(F)c(CN2CCSC(CC)C2)c1. The van der Waals surface area contributed by atoms with Crippen LogP contribution in [0.25, 0.3) is 0 Å². The molecule has 1 heterocycles. The molecular weight excluding hydrogens is 271 g/mol. The van der Waals surface area contributed by atoms with Crippen molar-refractivity contribution in [2.75, 3.05) is 25.4 Å². The fourth-order valence-electron chi connectivity index (χ4n) is 2.54. The number of hydrogen-bond donors (Lipinski definition) is 1. The molecule has 1 atom stereocenters. The predicted octanol–water partition coefficient (Wildman–Crippen LogP) is 3.26. The van der Waals surface area contributed by atoms with E-state index in [1.54, 1.807) is 6.07 Å². The van der Waals surface area contributed by atoms with Gasteiger partial charge in [0.05, 0.1) is 0 Å². The number of halogens is 1. The largest absolute Gasteiger partial charge is 0.313 e. The maximum atomic E-state index is 14.0. The van der Waals surface area contributed by atoms with E-state index in [4.69, 9.17) is 0 Å². The summed E-state index contributed by atoms with van der Waals surface area (Å²) >= 11 is 2.05. The Morgan fingerprint density at radius 3 is 3.00 bits per heavy atom. The second kappa shape index (κ2) is 8.01. The monoisotopic (exact) mass is 296 g/mol. The molecule has 1 aromatic carbocycles. The third-order valence-electron chi connectivity index (χ3n) is 3.76. The van der Waals surface area contributed by atoms with E-state index in [0.717, 1.165) is 44.0 Å². The van der Waals surface area contributed by atoms with Crippen molar-refractivity contribution >= 4 is 11.8 Å². The molecule has 112 valence electrons. The summed E-state index contributed by atoms with van der Waals surface area (Å²) in [5, 5.41) is 4.00. The van der Waals surface area contributed by atoms with Gasteiger partial charge < -0.3 is 5.32 Å². The highest BCUT2D eigenvalue weighted by Crippen LogP contribution is 2.23. The van der Waals surface area contributed by atoms with Gasteiger partial charge in [0, 0.05) is 42.7 Å². The summed E-state index contributed by atoms with van der Waals surface area (Å²) < 4.78 is 14.0. The second-order valence-electron chi connectivity index (χ2n) is 5.34. The van der Waals surface area contributed by atoms with Crippen LogP contribution in [-0.4, -0.2) is 35.5 Å². The van der Waals surface area contributed by atoms with Crippen molar-refractivity contribution < 1.29 is 4.39 Å². The molecule has 1 aliphatic heterocycles. The molecule has 20 heavy (non-hydrogen) atoms. The summed E-state index contributed by atoms with van der Waals surface area (Å²) in [5.74, 6) is 1.09. The van der Waals surface area contributed by atoms with E-state index < -0.39 is 0 Å². The lowest BCUT2D eigenvalue weighted by atomic mass is 10.1. The first-order valence-electron chi connectivity index (χ1n) is 7.55. The van der Waals surface area contributed by atoms with Crippen LogP contribution in [0.3, 0.4) is 0 Å². The molecule has 2 rings (SSSR count). The minimum Gasteiger partial charge on any atom is -0.313 e. The lowest BCUT2D eigenvalue weighted by Gasteiger charge is -2.32. The molecule has 1 aliphatic rings. The first-order valence-corrected chi connectivity index (χ1v) is 8.59. The molecule has 0 bridgehead atoms. The molecule has 1 fully saturated rings. The molecule has 1 aromatic rings. The van der Waals surface area contributed by atoms with Gasteiger partial charge >= 0.3 is 0 Å². The van der Waals surface area contributed by atoms with Gasteiger partial charge in [-0.15, -0.1) is 0 Å². The maximum Gasteiger partial charge on any atom is 0.127 e. The van der Waals surface area contributed by atoms with Crippen LogP contribution in [0, 0.1) is 5.82 Å². The Morgan fingerprint density at radius 2 is 2.25 bits per heavy atom.